The van der Waals surface area contributed by atoms with Gasteiger partial charge in [-0.25, -0.2) is 19.2 Å². The first-order chi connectivity index (χ1) is 20.2. The van der Waals surface area contributed by atoms with Gasteiger partial charge in [-0.2, -0.15) is 13.2 Å². The van der Waals surface area contributed by atoms with Crippen LogP contribution in [0.4, 0.5) is 34.0 Å². The molecule has 0 spiro atoms. The summed E-state index contributed by atoms with van der Waals surface area (Å²) in [6.45, 7) is 6.65. The van der Waals surface area contributed by atoms with E-state index in [-0.39, 0.29) is 61.8 Å². The first-order valence-corrected chi connectivity index (χ1v) is 13.9. The quantitative estimate of drug-likeness (QED) is 0.229. The number of hydrogen-bond donors (Lipinski definition) is 2. The van der Waals surface area contributed by atoms with E-state index in [1.807, 2.05) is 32.9 Å². The monoisotopic (exact) mass is 610 g/mol. The van der Waals surface area contributed by atoms with Gasteiger partial charge in [0.05, 0.1) is 17.7 Å². The summed E-state index contributed by atoms with van der Waals surface area (Å²) < 4.78 is 60.5. The van der Waals surface area contributed by atoms with Crippen LogP contribution in [0, 0.1) is 5.82 Å². The van der Waals surface area contributed by atoms with Crippen molar-refractivity contribution in [3.63, 3.8) is 0 Å². The Labute approximate surface area is 265 Å². The van der Waals surface area contributed by atoms with E-state index in [1.165, 1.54) is 6.07 Å². The summed E-state index contributed by atoms with van der Waals surface area (Å²) in [6, 6.07) is 11.0. The van der Waals surface area contributed by atoms with Crippen LogP contribution < -0.4 is 5.32 Å². The fraction of sp³-hybridized carbons (Fsp3) is 0.419. The number of amides is 1. The second-order valence-corrected chi connectivity index (χ2v) is 11.5. The number of ether oxygens (including phenoxy) is 1. The molecule has 0 bridgehead atoms. The zero-order valence-corrected chi connectivity index (χ0v) is 24.2. The van der Waals surface area contributed by atoms with E-state index in [9.17, 15) is 27.2 Å². The van der Waals surface area contributed by atoms with Crippen LogP contribution in [-0.4, -0.2) is 69.6 Å². The third-order valence-corrected chi connectivity index (χ3v) is 7.10. The SMILES string of the molecule is CC(C)(C)OC(=O)N1CCC(c2ccc(Nc3ncc(C(F)(F)F)c(CCc4cc(F)ccc4CC(=O)O)n3)cc2)CC1.[LiH]. The van der Waals surface area contributed by atoms with Gasteiger partial charge in [-0.1, -0.05) is 18.2 Å². The number of likely N-dealkylation sites (tertiary alicyclic amines) is 1. The number of halogens is 4. The summed E-state index contributed by atoms with van der Waals surface area (Å²) in [5.41, 5.74) is 0.430. The molecule has 0 saturated carbocycles. The van der Waals surface area contributed by atoms with Gasteiger partial charge in [0.1, 0.15) is 11.4 Å². The molecule has 2 aromatic carbocycles. The number of rotatable bonds is 8. The normalized spacial score (nSPS) is 14.1. The number of benzene rings is 2. The van der Waals surface area contributed by atoms with Gasteiger partial charge < -0.3 is 20.1 Å². The number of aromatic nitrogens is 2. The summed E-state index contributed by atoms with van der Waals surface area (Å²) >= 11 is 0. The summed E-state index contributed by atoms with van der Waals surface area (Å²) in [6.07, 6.45) is -3.39. The molecule has 3 aromatic rings. The molecule has 44 heavy (non-hydrogen) atoms. The van der Waals surface area contributed by atoms with Crippen LogP contribution in [0.15, 0.2) is 48.7 Å². The summed E-state index contributed by atoms with van der Waals surface area (Å²) in [7, 11) is 0. The fourth-order valence-corrected chi connectivity index (χ4v) is 5.01. The molecular formula is C31H35F4LiN4O4. The molecule has 1 aliphatic rings. The maximum absolute atomic E-state index is 13.9. The topological polar surface area (TPSA) is 105 Å². The van der Waals surface area contributed by atoms with Crippen LogP contribution in [0.1, 0.15) is 67.5 Å². The van der Waals surface area contributed by atoms with Crippen LogP contribution >= 0.6 is 0 Å². The number of alkyl halides is 3. The Balaban J connectivity index is 0.00000529. The average molecular weight is 611 g/mol. The van der Waals surface area contributed by atoms with Gasteiger partial charge in [0.25, 0.3) is 0 Å². The van der Waals surface area contributed by atoms with E-state index in [0.29, 0.717) is 36.1 Å². The van der Waals surface area contributed by atoms with Gasteiger partial charge in [0, 0.05) is 25.0 Å². The average Bonchev–Trinajstić information content (AvgIpc) is 2.92. The molecule has 2 heterocycles. The molecule has 1 aliphatic heterocycles. The third kappa shape index (κ3) is 9.69. The first-order valence-electron chi connectivity index (χ1n) is 13.9. The van der Waals surface area contributed by atoms with Crippen LogP contribution in [0.25, 0.3) is 0 Å². The van der Waals surface area contributed by atoms with Crippen molar-refractivity contribution in [2.75, 3.05) is 18.4 Å². The molecule has 0 radical (unpaired) electrons. The molecule has 232 valence electrons. The van der Waals surface area contributed by atoms with E-state index < -0.39 is 29.1 Å². The van der Waals surface area contributed by atoms with E-state index in [0.717, 1.165) is 30.5 Å². The van der Waals surface area contributed by atoms with Crippen LogP contribution in [0.3, 0.4) is 0 Å². The number of aryl methyl sites for hydroxylation is 2. The Bertz CT molecular complexity index is 1450. The predicted octanol–water partition coefficient (Wildman–Crippen LogP) is 6.26. The first kappa shape index (κ1) is 34.9. The molecule has 0 aliphatic carbocycles. The Morgan fingerprint density at radius 3 is 2.27 bits per heavy atom. The number of carboxylic acids is 1. The Morgan fingerprint density at radius 1 is 1.02 bits per heavy atom. The number of carboxylic acid groups (broad SMARTS) is 1. The minimum atomic E-state index is -4.71. The number of carbonyl (C=O) groups is 2. The van der Waals surface area contributed by atoms with Crippen molar-refractivity contribution in [1.29, 1.82) is 0 Å². The number of carbonyl (C=O) groups excluding carboxylic acids is 1. The molecule has 1 amide bonds. The summed E-state index contributed by atoms with van der Waals surface area (Å²) in [5.74, 6) is -1.53. The Hall–Kier alpha value is -3.62. The molecule has 8 nitrogen and oxygen atoms in total. The van der Waals surface area contributed by atoms with Gasteiger partial charge in [-0.05, 0) is 93.3 Å². The van der Waals surface area contributed by atoms with E-state index in [2.05, 4.69) is 15.3 Å². The van der Waals surface area contributed by atoms with Crippen molar-refractivity contribution < 1.29 is 37.0 Å². The summed E-state index contributed by atoms with van der Waals surface area (Å²) in [5, 5.41) is 12.1. The predicted molar refractivity (Wildman–Crippen MR) is 159 cm³/mol. The van der Waals surface area contributed by atoms with Gasteiger partial charge in [0.2, 0.25) is 5.95 Å². The number of anilines is 2. The third-order valence-electron chi connectivity index (χ3n) is 7.10. The standard InChI is InChI=1S/C31H34F4N4O4.Li.H/c1-30(2,3)43-29(42)39-14-12-20(13-15-39)19-5-9-24(10-6-19)37-28-36-18-25(31(33,34)35)26(38-28)11-7-21-16-23(32)8-4-22(21)17-27(40)41;;/h4-6,8-10,16,18,20H,7,11-15,17H2,1-3H3,(H,40,41)(H,36,37,38);;. The zero-order valence-electron chi connectivity index (χ0n) is 24.2. The Kier molecular flexibility index (Phi) is 11.4. The second kappa shape index (κ2) is 14.4. The van der Waals surface area contributed by atoms with Crippen molar-refractivity contribution in [3.05, 3.63) is 82.4 Å². The van der Waals surface area contributed by atoms with Gasteiger partial charge in [-0.3, -0.25) is 4.79 Å². The van der Waals surface area contributed by atoms with Crippen molar-refractivity contribution in [3.8, 4) is 0 Å². The molecule has 0 unspecified atom stereocenters. The zero-order chi connectivity index (χ0) is 31.4. The van der Waals surface area contributed by atoms with E-state index in [1.54, 1.807) is 17.0 Å². The van der Waals surface area contributed by atoms with E-state index >= 15 is 0 Å². The number of aliphatic carboxylic acids is 1. The van der Waals surface area contributed by atoms with E-state index in [4.69, 9.17) is 9.84 Å². The van der Waals surface area contributed by atoms with Crippen molar-refractivity contribution >= 4 is 42.6 Å². The number of hydrogen-bond acceptors (Lipinski definition) is 6. The number of nitrogens with zero attached hydrogens (tertiary/aromatic N) is 3. The Morgan fingerprint density at radius 2 is 1.68 bits per heavy atom. The molecule has 4 rings (SSSR count). The maximum atomic E-state index is 13.9. The van der Waals surface area contributed by atoms with Gasteiger partial charge in [-0.15, -0.1) is 0 Å². The number of nitrogens with one attached hydrogen (secondary N) is 1. The van der Waals surface area contributed by atoms with Gasteiger partial charge >= 0.3 is 37.1 Å². The molecule has 13 heteroatoms. The molecule has 2 N–H and O–H groups in total. The molecule has 1 aromatic heterocycles. The van der Waals surface area contributed by atoms with Crippen molar-refractivity contribution in [2.45, 2.75) is 70.6 Å². The van der Waals surface area contributed by atoms with Crippen LogP contribution in [0.2, 0.25) is 0 Å². The second-order valence-electron chi connectivity index (χ2n) is 11.5. The molecular weight excluding hydrogens is 575 g/mol. The minimum absolute atomic E-state index is 0. The van der Waals surface area contributed by atoms with Crippen LogP contribution in [-0.2, 0) is 35.0 Å². The molecule has 0 atom stereocenters. The molecule has 1 fully saturated rings. The number of piperidine rings is 1. The fourth-order valence-electron chi connectivity index (χ4n) is 5.01. The summed E-state index contributed by atoms with van der Waals surface area (Å²) in [4.78, 5) is 33.2. The molecule has 1 saturated heterocycles. The van der Waals surface area contributed by atoms with Crippen molar-refractivity contribution in [2.24, 2.45) is 0 Å². The van der Waals surface area contributed by atoms with Gasteiger partial charge in [0.15, 0.2) is 0 Å². The van der Waals surface area contributed by atoms with Crippen LogP contribution in [0.5, 0.6) is 0 Å². The van der Waals surface area contributed by atoms with Crippen molar-refractivity contribution in [1.82, 2.24) is 14.9 Å².